The predicted octanol–water partition coefficient (Wildman–Crippen LogP) is 0.892. The predicted molar refractivity (Wildman–Crippen MR) is 65.5 cm³/mol. The van der Waals surface area contributed by atoms with Crippen molar-refractivity contribution >= 4 is 17.0 Å². The van der Waals surface area contributed by atoms with Crippen LogP contribution in [0.25, 0.3) is 11.2 Å². The van der Waals surface area contributed by atoms with Gasteiger partial charge in [-0.3, -0.25) is 0 Å². The van der Waals surface area contributed by atoms with Gasteiger partial charge >= 0.3 is 0 Å². The quantitative estimate of drug-likeness (QED) is 0.731. The zero-order valence-corrected chi connectivity index (χ0v) is 9.56. The number of nitrogens with one attached hydrogen (secondary N) is 2. The van der Waals surface area contributed by atoms with E-state index in [1.807, 2.05) is 0 Å². The summed E-state index contributed by atoms with van der Waals surface area (Å²) < 4.78 is 0. The van der Waals surface area contributed by atoms with Crippen molar-refractivity contribution in [2.45, 2.75) is 25.3 Å². The first-order valence-corrected chi connectivity index (χ1v) is 5.99. The molecular formula is C11H16N6. The van der Waals surface area contributed by atoms with E-state index in [-0.39, 0.29) is 0 Å². The van der Waals surface area contributed by atoms with Crippen LogP contribution in [0.3, 0.4) is 0 Å². The molecule has 0 radical (unpaired) electrons. The fourth-order valence-electron chi connectivity index (χ4n) is 2.56. The lowest BCUT2D eigenvalue weighted by Gasteiger charge is -2.19. The molecular weight excluding hydrogens is 216 g/mol. The van der Waals surface area contributed by atoms with Gasteiger partial charge in [0.2, 0.25) is 0 Å². The standard InChI is InChI=1S/C11H16N6/c12-4-7-2-1-3-8(7)17-11-9-10(14-5-13-9)15-6-16-11/h5-8H,1-4,12H2,(H2,13,14,15,16,17). The molecule has 6 nitrogen and oxygen atoms in total. The lowest BCUT2D eigenvalue weighted by atomic mass is 10.0. The number of H-pyrrole nitrogens is 1. The molecule has 0 aliphatic heterocycles. The van der Waals surface area contributed by atoms with Crippen molar-refractivity contribution < 1.29 is 0 Å². The number of aromatic nitrogens is 4. The summed E-state index contributed by atoms with van der Waals surface area (Å²) in [6.45, 7) is 0.731. The average molecular weight is 232 g/mol. The molecule has 0 bridgehead atoms. The molecule has 1 saturated carbocycles. The largest absolute Gasteiger partial charge is 0.365 e. The first-order valence-electron chi connectivity index (χ1n) is 5.99. The number of nitrogens with zero attached hydrogens (tertiary/aromatic N) is 3. The Morgan fingerprint density at radius 1 is 1.35 bits per heavy atom. The van der Waals surface area contributed by atoms with Gasteiger partial charge < -0.3 is 16.0 Å². The van der Waals surface area contributed by atoms with Crippen LogP contribution in [0.1, 0.15) is 19.3 Å². The zero-order valence-electron chi connectivity index (χ0n) is 9.56. The van der Waals surface area contributed by atoms with Gasteiger partial charge in [0.15, 0.2) is 11.5 Å². The van der Waals surface area contributed by atoms with E-state index in [4.69, 9.17) is 5.73 Å². The zero-order chi connectivity index (χ0) is 11.7. The van der Waals surface area contributed by atoms with Crippen molar-refractivity contribution in [3.8, 4) is 0 Å². The lowest BCUT2D eigenvalue weighted by Crippen LogP contribution is -2.29. The van der Waals surface area contributed by atoms with Crippen LogP contribution in [-0.4, -0.2) is 32.5 Å². The van der Waals surface area contributed by atoms with E-state index in [0.717, 1.165) is 24.3 Å². The first kappa shape index (κ1) is 10.5. The Labute approximate surface area is 99.1 Å². The van der Waals surface area contributed by atoms with Crippen LogP contribution >= 0.6 is 0 Å². The summed E-state index contributed by atoms with van der Waals surface area (Å²) in [4.78, 5) is 15.6. The Morgan fingerprint density at radius 3 is 3.18 bits per heavy atom. The number of hydrogen-bond donors (Lipinski definition) is 3. The number of aromatic amines is 1. The monoisotopic (exact) mass is 232 g/mol. The minimum Gasteiger partial charge on any atom is -0.365 e. The van der Waals surface area contributed by atoms with E-state index in [0.29, 0.717) is 17.6 Å². The smallest absolute Gasteiger partial charge is 0.182 e. The Hall–Kier alpha value is -1.69. The van der Waals surface area contributed by atoms with E-state index < -0.39 is 0 Å². The van der Waals surface area contributed by atoms with Crippen molar-refractivity contribution in [2.24, 2.45) is 11.7 Å². The Balaban J connectivity index is 1.87. The van der Waals surface area contributed by atoms with Crippen LogP contribution in [0.15, 0.2) is 12.7 Å². The Bertz CT molecular complexity index is 507. The molecule has 2 aromatic rings. The highest BCUT2D eigenvalue weighted by Gasteiger charge is 2.26. The van der Waals surface area contributed by atoms with Gasteiger partial charge in [-0.25, -0.2) is 15.0 Å². The van der Waals surface area contributed by atoms with Crippen molar-refractivity contribution in [1.82, 2.24) is 19.9 Å². The maximum atomic E-state index is 5.78. The highest BCUT2D eigenvalue weighted by atomic mass is 15.1. The van der Waals surface area contributed by atoms with Gasteiger partial charge in [-0.2, -0.15) is 0 Å². The van der Waals surface area contributed by atoms with E-state index in [1.54, 1.807) is 6.33 Å². The molecule has 0 aromatic carbocycles. The number of nitrogens with two attached hydrogens (primary N) is 1. The fraction of sp³-hybridized carbons (Fsp3) is 0.545. The SMILES string of the molecule is NCC1CCCC1Nc1ncnc2nc[nH]c12. The van der Waals surface area contributed by atoms with Gasteiger partial charge in [0, 0.05) is 6.04 Å². The molecule has 3 rings (SSSR count). The van der Waals surface area contributed by atoms with E-state index in [2.05, 4.69) is 25.3 Å². The Morgan fingerprint density at radius 2 is 2.29 bits per heavy atom. The maximum absolute atomic E-state index is 5.78. The molecule has 6 heteroatoms. The number of anilines is 1. The third-order valence-corrected chi connectivity index (χ3v) is 3.51. The molecule has 2 aromatic heterocycles. The van der Waals surface area contributed by atoms with Crippen LogP contribution in [0.5, 0.6) is 0 Å². The van der Waals surface area contributed by atoms with Gasteiger partial charge in [-0.15, -0.1) is 0 Å². The van der Waals surface area contributed by atoms with E-state index in [9.17, 15) is 0 Å². The second kappa shape index (κ2) is 4.29. The molecule has 1 aliphatic carbocycles. The summed E-state index contributed by atoms with van der Waals surface area (Å²) in [6, 6.07) is 0.418. The molecule has 0 saturated heterocycles. The highest BCUT2D eigenvalue weighted by Crippen LogP contribution is 2.28. The van der Waals surface area contributed by atoms with Crippen LogP contribution in [-0.2, 0) is 0 Å². The Kier molecular flexibility index (Phi) is 2.64. The summed E-state index contributed by atoms with van der Waals surface area (Å²) in [7, 11) is 0. The molecule has 2 unspecified atom stereocenters. The topological polar surface area (TPSA) is 92.5 Å². The lowest BCUT2D eigenvalue weighted by molar-refractivity contribution is 0.516. The number of imidazole rings is 1. The fourth-order valence-corrected chi connectivity index (χ4v) is 2.56. The molecule has 0 spiro atoms. The van der Waals surface area contributed by atoms with E-state index in [1.165, 1.54) is 19.2 Å². The summed E-state index contributed by atoms with van der Waals surface area (Å²) in [5.74, 6) is 1.38. The summed E-state index contributed by atoms with van der Waals surface area (Å²) >= 11 is 0. The third-order valence-electron chi connectivity index (χ3n) is 3.51. The highest BCUT2D eigenvalue weighted by molar-refractivity contribution is 5.82. The third kappa shape index (κ3) is 1.84. The molecule has 90 valence electrons. The molecule has 1 aliphatic rings. The molecule has 2 heterocycles. The molecule has 2 atom stereocenters. The average Bonchev–Trinajstić information content (AvgIpc) is 2.97. The maximum Gasteiger partial charge on any atom is 0.182 e. The van der Waals surface area contributed by atoms with Crippen LogP contribution in [0.2, 0.25) is 0 Å². The number of fused-ring (bicyclic) bond motifs is 1. The molecule has 0 amide bonds. The minimum atomic E-state index is 0.418. The van der Waals surface area contributed by atoms with E-state index >= 15 is 0 Å². The van der Waals surface area contributed by atoms with Gasteiger partial charge in [-0.05, 0) is 25.3 Å². The molecule has 1 fully saturated rings. The van der Waals surface area contributed by atoms with Crippen molar-refractivity contribution in [3.05, 3.63) is 12.7 Å². The summed E-state index contributed by atoms with van der Waals surface area (Å²) in [5.41, 5.74) is 7.35. The second-order valence-corrected chi connectivity index (χ2v) is 4.50. The summed E-state index contributed by atoms with van der Waals surface area (Å²) in [5, 5.41) is 3.47. The summed E-state index contributed by atoms with van der Waals surface area (Å²) in [6.07, 6.45) is 6.76. The molecule has 4 N–H and O–H groups in total. The van der Waals surface area contributed by atoms with Crippen LogP contribution in [0, 0.1) is 5.92 Å². The molecule has 17 heavy (non-hydrogen) atoms. The van der Waals surface area contributed by atoms with Gasteiger partial charge in [0.05, 0.1) is 6.33 Å². The number of hydrogen-bond acceptors (Lipinski definition) is 5. The first-order chi connectivity index (χ1) is 8.38. The number of rotatable bonds is 3. The van der Waals surface area contributed by atoms with Crippen molar-refractivity contribution in [1.29, 1.82) is 0 Å². The van der Waals surface area contributed by atoms with Gasteiger partial charge in [0.1, 0.15) is 11.8 Å². The van der Waals surface area contributed by atoms with Crippen LogP contribution < -0.4 is 11.1 Å². The van der Waals surface area contributed by atoms with Gasteiger partial charge in [-0.1, -0.05) is 6.42 Å². The normalized spacial score (nSPS) is 24.3. The van der Waals surface area contributed by atoms with Crippen molar-refractivity contribution in [3.63, 3.8) is 0 Å². The van der Waals surface area contributed by atoms with Crippen LogP contribution in [0.4, 0.5) is 5.82 Å². The minimum absolute atomic E-state index is 0.418. The van der Waals surface area contributed by atoms with Crippen molar-refractivity contribution in [2.75, 3.05) is 11.9 Å². The second-order valence-electron chi connectivity index (χ2n) is 4.50. The van der Waals surface area contributed by atoms with Gasteiger partial charge in [0.25, 0.3) is 0 Å².